The molecule has 96 valence electrons. The van der Waals surface area contributed by atoms with Crippen LogP contribution in [0.25, 0.3) is 0 Å². The predicted molar refractivity (Wildman–Crippen MR) is 61.3 cm³/mol. The predicted octanol–water partition coefficient (Wildman–Crippen LogP) is 2.94. The molecule has 0 saturated heterocycles. The summed E-state index contributed by atoms with van der Waals surface area (Å²) in [5.41, 5.74) is 0. The number of hydrogen-bond donors (Lipinski definition) is 0. The van der Waals surface area contributed by atoms with Crippen molar-refractivity contribution in [3.8, 4) is 0 Å². The largest absolute Gasteiger partial charge is 0.474 e. The van der Waals surface area contributed by atoms with Crippen molar-refractivity contribution in [1.29, 1.82) is 0 Å². The number of hydrogen-bond acceptors (Lipinski definition) is 5. The van der Waals surface area contributed by atoms with Crippen molar-refractivity contribution in [2.24, 2.45) is 0 Å². The first-order chi connectivity index (χ1) is 7.54. The Kier molecular flexibility index (Phi) is 8.76. The maximum absolute atomic E-state index is 11.9. The minimum atomic E-state index is -3.46. The molecule has 0 fully saturated rings. The van der Waals surface area contributed by atoms with Crippen LogP contribution < -0.4 is 0 Å². The molecule has 0 unspecified atom stereocenters. The van der Waals surface area contributed by atoms with Crippen LogP contribution in [0.5, 0.6) is 0 Å². The molecule has 16 heavy (non-hydrogen) atoms. The van der Waals surface area contributed by atoms with Gasteiger partial charge in [0.25, 0.3) is 0 Å². The normalized spacial score (nSPS) is 11.7. The molecule has 0 aromatic rings. The van der Waals surface area contributed by atoms with Crippen LogP contribution in [-0.4, -0.2) is 25.6 Å². The van der Waals surface area contributed by atoms with Crippen molar-refractivity contribution >= 4 is 13.6 Å². The summed E-state index contributed by atoms with van der Waals surface area (Å²) >= 11 is 0. The van der Waals surface area contributed by atoms with Crippen molar-refractivity contribution in [3.05, 3.63) is 0 Å². The highest BCUT2D eigenvalue weighted by Gasteiger charge is 2.25. The zero-order chi connectivity index (χ0) is 12.4. The van der Waals surface area contributed by atoms with Gasteiger partial charge in [0.2, 0.25) is 0 Å². The molecular weight excluding hydrogens is 231 g/mol. The molecule has 6 heteroatoms. The molecule has 0 bridgehead atoms. The first kappa shape index (κ1) is 15.8. The molecule has 0 aromatic heterocycles. The highest BCUT2D eigenvalue weighted by Crippen LogP contribution is 2.49. The highest BCUT2D eigenvalue weighted by molar-refractivity contribution is 7.48. The van der Waals surface area contributed by atoms with Crippen molar-refractivity contribution in [2.45, 2.75) is 40.0 Å². The molecule has 0 aromatic carbocycles. The van der Waals surface area contributed by atoms with Crippen LogP contribution >= 0.6 is 7.82 Å². The molecule has 0 heterocycles. The minimum absolute atomic E-state index is 0.0162. The Bertz CT molecular complexity index is 229. The van der Waals surface area contributed by atoms with Gasteiger partial charge >= 0.3 is 7.82 Å². The molecule has 0 rings (SSSR count). The lowest BCUT2D eigenvalue weighted by Gasteiger charge is -2.17. The van der Waals surface area contributed by atoms with Gasteiger partial charge in [-0.15, -0.1) is 0 Å². The smallest absolute Gasteiger partial charge is 0.300 e. The van der Waals surface area contributed by atoms with E-state index in [2.05, 4.69) is 0 Å². The van der Waals surface area contributed by atoms with Gasteiger partial charge in [0, 0.05) is 6.42 Å². The molecule has 0 saturated carbocycles. The van der Waals surface area contributed by atoms with E-state index in [4.69, 9.17) is 13.6 Å². The van der Waals surface area contributed by atoms with E-state index >= 15 is 0 Å². The highest BCUT2D eigenvalue weighted by atomic mass is 31.2. The van der Waals surface area contributed by atoms with Crippen LogP contribution in [0.2, 0.25) is 0 Å². The third-order valence-electron chi connectivity index (χ3n) is 1.61. The summed E-state index contributed by atoms with van der Waals surface area (Å²) in [6.07, 6.45) is 1.68. The SMILES string of the molecule is CCCOP(=O)(OCCC)OCCC(C)=O. The topological polar surface area (TPSA) is 61.8 Å². The summed E-state index contributed by atoms with van der Waals surface area (Å²) in [5, 5.41) is 0. The molecule has 0 amide bonds. The van der Waals surface area contributed by atoms with Gasteiger partial charge in [0.05, 0.1) is 19.8 Å². The fraction of sp³-hybridized carbons (Fsp3) is 0.900. The third-order valence-corrected chi connectivity index (χ3v) is 3.11. The maximum atomic E-state index is 11.9. The maximum Gasteiger partial charge on any atom is 0.474 e. The summed E-state index contributed by atoms with van der Waals surface area (Å²) in [5.74, 6) is -0.0162. The Morgan fingerprint density at radius 3 is 1.81 bits per heavy atom. The van der Waals surface area contributed by atoms with Crippen molar-refractivity contribution in [3.63, 3.8) is 0 Å². The van der Waals surface area contributed by atoms with E-state index < -0.39 is 7.82 Å². The fourth-order valence-corrected chi connectivity index (χ4v) is 2.17. The van der Waals surface area contributed by atoms with Gasteiger partial charge in [-0.3, -0.25) is 18.4 Å². The Labute approximate surface area is 97.1 Å². The average Bonchev–Trinajstić information content (AvgIpc) is 2.23. The standard InChI is InChI=1S/C10H21O5P/c1-4-7-13-16(12,14-8-5-2)15-9-6-10(3)11/h4-9H2,1-3H3. The summed E-state index contributed by atoms with van der Waals surface area (Å²) in [7, 11) is -3.46. The number of carbonyl (C=O) groups excluding carboxylic acids is 1. The van der Waals surface area contributed by atoms with Crippen molar-refractivity contribution in [2.75, 3.05) is 19.8 Å². The van der Waals surface area contributed by atoms with Crippen LogP contribution in [0.1, 0.15) is 40.0 Å². The minimum Gasteiger partial charge on any atom is -0.300 e. The first-order valence-electron chi connectivity index (χ1n) is 5.57. The van der Waals surface area contributed by atoms with Gasteiger partial charge in [-0.1, -0.05) is 13.8 Å². The van der Waals surface area contributed by atoms with Crippen LogP contribution in [0.15, 0.2) is 0 Å². The monoisotopic (exact) mass is 252 g/mol. The van der Waals surface area contributed by atoms with E-state index in [1.54, 1.807) is 0 Å². The van der Waals surface area contributed by atoms with Gasteiger partial charge in [-0.2, -0.15) is 0 Å². The third kappa shape index (κ3) is 7.99. The van der Waals surface area contributed by atoms with Gasteiger partial charge in [-0.05, 0) is 19.8 Å². The molecule has 0 aliphatic heterocycles. The Morgan fingerprint density at radius 2 is 1.44 bits per heavy atom. The van der Waals surface area contributed by atoms with Gasteiger partial charge in [0.15, 0.2) is 0 Å². The lowest BCUT2D eigenvalue weighted by molar-refractivity contribution is -0.117. The molecule has 0 aliphatic rings. The molecular formula is C10H21O5P. The van der Waals surface area contributed by atoms with Gasteiger partial charge in [-0.25, -0.2) is 4.57 Å². The second kappa shape index (κ2) is 8.88. The summed E-state index contributed by atoms with van der Waals surface area (Å²) in [6.45, 7) is 5.97. The second-order valence-corrected chi connectivity index (χ2v) is 5.07. The molecule has 0 aliphatic carbocycles. The molecule has 0 atom stereocenters. The van der Waals surface area contributed by atoms with Gasteiger partial charge < -0.3 is 0 Å². The van der Waals surface area contributed by atoms with Crippen molar-refractivity contribution in [1.82, 2.24) is 0 Å². The molecule has 0 radical (unpaired) electrons. The second-order valence-electron chi connectivity index (χ2n) is 3.40. The molecule has 0 N–H and O–H groups in total. The number of Topliss-reactive ketones (excluding diaryl/α,β-unsaturated/α-hetero) is 1. The van der Waals surface area contributed by atoms with E-state index in [0.717, 1.165) is 12.8 Å². The Morgan fingerprint density at radius 1 is 1.00 bits per heavy atom. The Balaban J connectivity index is 4.07. The van der Waals surface area contributed by atoms with Crippen LogP contribution in [0.3, 0.4) is 0 Å². The lowest BCUT2D eigenvalue weighted by atomic mass is 10.3. The first-order valence-corrected chi connectivity index (χ1v) is 7.03. The average molecular weight is 252 g/mol. The van der Waals surface area contributed by atoms with E-state index in [-0.39, 0.29) is 18.8 Å². The zero-order valence-electron chi connectivity index (χ0n) is 10.2. The number of rotatable bonds is 10. The quantitative estimate of drug-likeness (QED) is 0.559. The summed E-state index contributed by atoms with van der Waals surface area (Å²) in [6, 6.07) is 0. The molecule has 5 nitrogen and oxygen atoms in total. The van der Waals surface area contributed by atoms with Crippen molar-refractivity contribution < 1.29 is 22.9 Å². The van der Waals surface area contributed by atoms with E-state index in [1.165, 1.54) is 6.92 Å². The van der Waals surface area contributed by atoms with Gasteiger partial charge in [0.1, 0.15) is 5.78 Å². The number of phosphoric ester groups is 1. The summed E-state index contributed by atoms with van der Waals surface area (Å²) < 4.78 is 27.1. The van der Waals surface area contributed by atoms with E-state index in [0.29, 0.717) is 13.2 Å². The lowest BCUT2D eigenvalue weighted by Crippen LogP contribution is -2.05. The van der Waals surface area contributed by atoms with E-state index in [1.807, 2.05) is 13.8 Å². The fourth-order valence-electron chi connectivity index (χ4n) is 0.819. The van der Waals surface area contributed by atoms with Crippen LogP contribution in [0.4, 0.5) is 0 Å². The molecule has 0 spiro atoms. The van der Waals surface area contributed by atoms with Crippen LogP contribution in [0, 0.1) is 0 Å². The zero-order valence-corrected chi connectivity index (χ0v) is 11.1. The number of ketones is 1. The number of phosphoric acid groups is 1. The number of carbonyl (C=O) groups is 1. The Hall–Kier alpha value is -0.220. The van der Waals surface area contributed by atoms with E-state index in [9.17, 15) is 9.36 Å². The van der Waals surface area contributed by atoms with Crippen LogP contribution in [-0.2, 0) is 22.9 Å². The summed E-state index contributed by atoms with van der Waals surface area (Å²) in [4.78, 5) is 10.7.